The van der Waals surface area contributed by atoms with E-state index in [4.69, 9.17) is 9.57 Å². The van der Waals surface area contributed by atoms with Crippen molar-refractivity contribution in [3.63, 3.8) is 0 Å². The number of ether oxygens (including phenoxy) is 1. The Morgan fingerprint density at radius 3 is 2.73 bits per heavy atom. The van der Waals surface area contributed by atoms with E-state index in [1.807, 2.05) is 0 Å². The third-order valence-corrected chi connectivity index (χ3v) is 4.98. The molecule has 0 N–H and O–H groups in total. The molecule has 4 heterocycles. The zero-order valence-corrected chi connectivity index (χ0v) is 14.2. The highest BCUT2D eigenvalue weighted by molar-refractivity contribution is 6.40. The van der Waals surface area contributed by atoms with E-state index < -0.39 is 0 Å². The number of carbonyl (C=O) groups is 2. The molecule has 9 nitrogen and oxygen atoms in total. The van der Waals surface area contributed by atoms with Gasteiger partial charge >= 0.3 is 0 Å². The minimum Gasteiger partial charge on any atom is -0.389 e. The van der Waals surface area contributed by atoms with Crippen LogP contribution in [0.1, 0.15) is 0 Å². The zero-order valence-electron chi connectivity index (χ0n) is 14.2. The summed E-state index contributed by atoms with van der Waals surface area (Å²) in [4.78, 5) is 45.7. The molecule has 0 bridgehead atoms. The van der Waals surface area contributed by atoms with E-state index in [0.29, 0.717) is 45.1 Å². The minimum absolute atomic E-state index is 0.0248. The molecule has 2 amide bonds. The molecule has 0 aromatic carbocycles. The van der Waals surface area contributed by atoms with Crippen molar-refractivity contribution in [1.82, 2.24) is 14.4 Å². The number of carbonyl (C=O) groups excluding carboxylic acids is 2. The summed E-state index contributed by atoms with van der Waals surface area (Å²) in [6.07, 6.45) is 1.29. The first kappa shape index (κ1) is 16.8. The SMILES string of the molecule is O=C(Cn1ccccc1=O)N1C[C@@H]2C(C(=O)N3CCOCC3)=NO[C@@H]2C1. The number of amides is 2. The molecule has 1 aromatic heterocycles. The monoisotopic (exact) mass is 360 g/mol. The molecule has 2 atom stereocenters. The number of nitrogens with zero attached hydrogens (tertiary/aromatic N) is 4. The lowest BCUT2D eigenvalue weighted by atomic mass is 10.00. The average Bonchev–Trinajstić information content (AvgIpc) is 3.24. The first-order chi connectivity index (χ1) is 12.6. The summed E-state index contributed by atoms with van der Waals surface area (Å²) in [6, 6.07) is 4.76. The van der Waals surface area contributed by atoms with Crippen LogP contribution in [-0.2, 0) is 25.7 Å². The molecular formula is C17H20N4O5. The molecule has 138 valence electrons. The third kappa shape index (κ3) is 3.10. The lowest BCUT2D eigenvalue weighted by molar-refractivity contribution is -0.132. The standard InChI is InChI=1S/C17H20N4O5/c22-14-3-1-2-4-20(14)11-15(23)21-9-12-13(10-21)26-18-16(12)17(24)19-5-7-25-8-6-19/h1-4,12-13H,5-11H2/t12-,13+/m0/s1. The van der Waals surface area contributed by atoms with Crippen LogP contribution in [0, 0.1) is 5.92 Å². The molecule has 3 aliphatic heterocycles. The molecule has 0 radical (unpaired) electrons. The van der Waals surface area contributed by atoms with Gasteiger partial charge in [-0.2, -0.15) is 0 Å². The summed E-state index contributed by atoms with van der Waals surface area (Å²) in [5.41, 5.74) is 0.158. The van der Waals surface area contributed by atoms with Crippen LogP contribution in [0.3, 0.4) is 0 Å². The summed E-state index contributed by atoms with van der Waals surface area (Å²) in [7, 11) is 0. The smallest absolute Gasteiger partial charge is 0.272 e. The summed E-state index contributed by atoms with van der Waals surface area (Å²) < 4.78 is 6.63. The molecule has 0 aliphatic carbocycles. The highest BCUT2D eigenvalue weighted by Gasteiger charge is 2.47. The van der Waals surface area contributed by atoms with Gasteiger partial charge in [-0.15, -0.1) is 0 Å². The van der Waals surface area contributed by atoms with Gasteiger partial charge in [0, 0.05) is 31.9 Å². The van der Waals surface area contributed by atoms with Gasteiger partial charge in [-0.25, -0.2) is 0 Å². The van der Waals surface area contributed by atoms with E-state index in [1.165, 1.54) is 10.6 Å². The number of aromatic nitrogens is 1. The number of morpholine rings is 1. The number of pyridine rings is 1. The van der Waals surface area contributed by atoms with Crippen LogP contribution in [0.25, 0.3) is 0 Å². The molecule has 0 unspecified atom stereocenters. The Morgan fingerprint density at radius 2 is 1.96 bits per heavy atom. The van der Waals surface area contributed by atoms with Crippen LogP contribution >= 0.6 is 0 Å². The first-order valence-corrected chi connectivity index (χ1v) is 8.67. The van der Waals surface area contributed by atoms with Crippen LogP contribution in [0.4, 0.5) is 0 Å². The summed E-state index contributed by atoms with van der Waals surface area (Å²) in [5, 5.41) is 3.98. The molecule has 26 heavy (non-hydrogen) atoms. The van der Waals surface area contributed by atoms with Crippen LogP contribution in [0.15, 0.2) is 34.3 Å². The average molecular weight is 360 g/mol. The summed E-state index contributed by atoms with van der Waals surface area (Å²) >= 11 is 0. The Hall–Kier alpha value is -2.68. The zero-order chi connectivity index (χ0) is 18.1. The molecule has 3 aliphatic rings. The molecule has 9 heteroatoms. The highest BCUT2D eigenvalue weighted by Crippen LogP contribution is 2.28. The second-order valence-corrected chi connectivity index (χ2v) is 6.60. The van der Waals surface area contributed by atoms with E-state index in [2.05, 4.69) is 5.16 Å². The fourth-order valence-electron chi connectivity index (χ4n) is 3.50. The van der Waals surface area contributed by atoms with E-state index in [0.717, 1.165) is 0 Å². The van der Waals surface area contributed by atoms with Crippen molar-refractivity contribution in [2.75, 3.05) is 39.4 Å². The highest BCUT2D eigenvalue weighted by atomic mass is 16.6. The van der Waals surface area contributed by atoms with E-state index in [1.54, 1.807) is 28.1 Å². The van der Waals surface area contributed by atoms with Gasteiger partial charge in [0.1, 0.15) is 6.54 Å². The largest absolute Gasteiger partial charge is 0.389 e. The Bertz CT molecular complexity index is 798. The number of fused-ring (bicyclic) bond motifs is 1. The fraction of sp³-hybridized carbons (Fsp3) is 0.529. The van der Waals surface area contributed by atoms with Gasteiger partial charge in [0.2, 0.25) is 5.91 Å². The summed E-state index contributed by atoms with van der Waals surface area (Å²) in [5.74, 6) is -0.536. The molecule has 0 spiro atoms. The van der Waals surface area contributed by atoms with Crippen LogP contribution in [0.2, 0.25) is 0 Å². The normalized spacial score (nSPS) is 24.8. The van der Waals surface area contributed by atoms with Crippen molar-refractivity contribution in [2.24, 2.45) is 11.1 Å². The van der Waals surface area contributed by atoms with Gasteiger partial charge in [0.05, 0.1) is 25.7 Å². The quantitative estimate of drug-likeness (QED) is 0.684. The third-order valence-electron chi connectivity index (χ3n) is 4.98. The Kier molecular flexibility index (Phi) is 4.46. The number of likely N-dealkylation sites (tertiary alicyclic amines) is 1. The molecule has 1 aromatic rings. The van der Waals surface area contributed by atoms with Crippen LogP contribution < -0.4 is 5.56 Å². The molecule has 2 saturated heterocycles. The fourth-order valence-corrected chi connectivity index (χ4v) is 3.50. The van der Waals surface area contributed by atoms with Crippen molar-refractivity contribution < 1.29 is 19.2 Å². The lowest BCUT2D eigenvalue weighted by Gasteiger charge is -2.27. The Morgan fingerprint density at radius 1 is 1.15 bits per heavy atom. The number of oxime groups is 1. The lowest BCUT2D eigenvalue weighted by Crippen LogP contribution is -2.46. The van der Waals surface area contributed by atoms with Crippen molar-refractivity contribution >= 4 is 17.5 Å². The Balaban J connectivity index is 1.41. The maximum atomic E-state index is 12.7. The predicted octanol–water partition coefficient (Wildman–Crippen LogP) is -1.08. The van der Waals surface area contributed by atoms with Gasteiger partial charge in [-0.3, -0.25) is 14.4 Å². The topological polar surface area (TPSA) is 93.4 Å². The second-order valence-electron chi connectivity index (χ2n) is 6.60. The molecule has 0 saturated carbocycles. The predicted molar refractivity (Wildman–Crippen MR) is 90.5 cm³/mol. The van der Waals surface area contributed by atoms with E-state index >= 15 is 0 Å². The number of hydrogen-bond donors (Lipinski definition) is 0. The number of hydrogen-bond acceptors (Lipinski definition) is 6. The molecule has 2 fully saturated rings. The van der Waals surface area contributed by atoms with E-state index in [9.17, 15) is 14.4 Å². The van der Waals surface area contributed by atoms with Crippen molar-refractivity contribution in [1.29, 1.82) is 0 Å². The first-order valence-electron chi connectivity index (χ1n) is 8.67. The maximum absolute atomic E-state index is 12.7. The minimum atomic E-state index is -0.300. The molecular weight excluding hydrogens is 340 g/mol. The van der Waals surface area contributed by atoms with E-state index in [-0.39, 0.29) is 35.9 Å². The van der Waals surface area contributed by atoms with Gasteiger partial charge in [-0.05, 0) is 6.07 Å². The maximum Gasteiger partial charge on any atom is 0.272 e. The van der Waals surface area contributed by atoms with Crippen molar-refractivity contribution in [3.8, 4) is 0 Å². The van der Waals surface area contributed by atoms with Crippen LogP contribution in [0.5, 0.6) is 0 Å². The molecule has 4 rings (SSSR count). The van der Waals surface area contributed by atoms with Crippen molar-refractivity contribution in [3.05, 3.63) is 34.7 Å². The summed E-state index contributed by atoms with van der Waals surface area (Å²) in [6.45, 7) is 2.83. The second kappa shape index (κ2) is 6.91. The van der Waals surface area contributed by atoms with Gasteiger partial charge in [0.15, 0.2) is 11.8 Å². The number of rotatable bonds is 3. The van der Waals surface area contributed by atoms with Gasteiger partial charge < -0.3 is 23.9 Å². The van der Waals surface area contributed by atoms with Gasteiger partial charge in [0.25, 0.3) is 11.5 Å². The Labute approximate surface area is 149 Å². The van der Waals surface area contributed by atoms with Crippen molar-refractivity contribution in [2.45, 2.75) is 12.6 Å². The van der Waals surface area contributed by atoms with Crippen LogP contribution in [-0.4, -0.2) is 77.4 Å². The van der Waals surface area contributed by atoms with Gasteiger partial charge in [-0.1, -0.05) is 11.2 Å².